The molecule has 6 heteroatoms. The minimum absolute atomic E-state index is 0.0740. The molecule has 0 unspecified atom stereocenters. The summed E-state index contributed by atoms with van der Waals surface area (Å²) in [6.45, 7) is 8.17. The van der Waals surface area contributed by atoms with Crippen LogP contribution in [0.2, 0.25) is 0 Å². The number of ether oxygens (including phenoxy) is 1. The standard InChI is InChI=1S/C31H39N3O3/c1-22(23-11-7-6-8-12-23)19-29(35)34(21-26-14-10-18-33(26)5)25-17-16-24-13-9-15-28(27(24)20-25)32-30(36)37-31(2,3)4/h6-8,10-12,14,16-18,20,22,28H,9,13,15,19,21H2,1-5H3,(H,32,36)/t22-,28-/m0/s1. The number of amides is 2. The fraction of sp³-hybridized carbons (Fsp3) is 0.419. The van der Waals surface area contributed by atoms with Crippen LogP contribution in [0.1, 0.15) is 81.3 Å². The van der Waals surface area contributed by atoms with Crippen molar-refractivity contribution in [2.75, 3.05) is 4.90 Å². The molecule has 0 saturated heterocycles. The monoisotopic (exact) mass is 501 g/mol. The number of benzene rings is 2. The van der Waals surface area contributed by atoms with Crippen molar-refractivity contribution >= 4 is 17.7 Å². The van der Waals surface area contributed by atoms with Crippen LogP contribution < -0.4 is 10.2 Å². The van der Waals surface area contributed by atoms with Crippen molar-refractivity contribution in [3.63, 3.8) is 0 Å². The molecule has 2 atom stereocenters. The summed E-state index contributed by atoms with van der Waals surface area (Å²) in [5.74, 6) is 0.175. The first-order valence-electron chi connectivity index (χ1n) is 13.2. The van der Waals surface area contributed by atoms with Crippen LogP contribution in [0.3, 0.4) is 0 Å². The Balaban J connectivity index is 1.62. The van der Waals surface area contributed by atoms with Gasteiger partial charge in [-0.15, -0.1) is 0 Å². The van der Waals surface area contributed by atoms with Crippen LogP contribution in [0.15, 0.2) is 66.9 Å². The third-order valence-electron chi connectivity index (χ3n) is 6.97. The number of nitrogens with one attached hydrogen (secondary N) is 1. The lowest BCUT2D eigenvalue weighted by Gasteiger charge is -2.31. The van der Waals surface area contributed by atoms with Crippen molar-refractivity contribution in [2.24, 2.45) is 7.05 Å². The van der Waals surface area contributed by atoms with Crippen molar-refractivity contribution in [3.05, 3.63) is 89.2 Å². The Morgan fingerprint density at radius 1 is 1.11 bits per heavy atom. The quantitative estimate of drug-likeness (QED) is 0.394. The third-order valence-corrected chi connectivity index (χ3v) is 6.97. The number of nitrogens with zero attached hydrogens (tertiary/aromatic N) is 2. The number of alkyl carbamates (subject to hydrolysis) is 1. The van der Waals surface area contributed by atoms with Crippen molar-refractivity contribution in [1.29, 1.82) is 0 Å². The van der Waals surface area contributed by atoms with E-state index in [9.17, 15) is 9.59 Å². The molecular formula is C31H39N3O3. The molecule has 0 fully saturated rings. The number of anilines is 1. The zero-order chi connectivity index (χ0) is 26.6. The maximum absolute atomic E-state index is 13.8. The Morgan fingerprint density at radius 2 is 1.86 bits per heavy atom. The lowest BCUT2D eigenvalue weighted by molar-refractivity contribution is -0.119. The molecule has 196 valence electrons. The van der Waals surface area contributed by atoms with E-state index in [1.165, 1.54) is 5.56 Å². The number of carbonyl (C=O) groups is 2. The number of rotatable bonds is 7. The first-order chi connectivity index (χ1) is 17.6. The highest BCUT2D eigenvalue weighted by Crippen LogP contribution is 2.34. The maximum atomic E-state index is 13.8. The number of aryl methyl sites for hydroxylation is 2. The minimum atomic E-state index is -0.558. The van der Waals surface area contributed by atoms with Crippen molar-refractivity contribution < 1.29 is 14.3 Å². The van der Waals surface area contributed by atoms with Gasteiger partial charge < -0.3 is 19.5 Å². The Labute approximate surface area is 220 Å². The average molecular weight is 502 g/mol. The Morgan fingerprint density at radius 3 is 2.54 bits per heavy atom. The zero-order valence-electron chi connectivity index (χ0n) is 22.7. The predicted molar refractivity (Wildman–Crippen MR) is 148 cm³/mol. The predicted octanol–water partition coefficient (Wildman–Crippen LogP) is 6.65. The van der Waals surface area contributed by atoms with Crippen molar-refractivity contribution in [1.82, 2.24) is 9.88 Å². The number of carbonyl (C=O) groups excluding carboxylic acids is 2. The van der Waals surface area contributed by atoms with Gasteiger partial charge in [0.25, 0.3) is 0 Å². The van der Waals surface area contributed by atoms with Gasteiger partial charge in [-0.1, -0.05) is 43.3 Å². The van der Waals surface area contributed by atoms with Gasteiger partial charge in [-0.2, -0.15) is 0 Å². The van der Waals surface area contributed by atoms with Gasteiger partial charge in [0.15, 0.2) is 0 Å². The van der Waals surface area contributed by atoms with Crippen LogP contribution in [-0.2, 0) is 29.5 Å². The lowest BCUT2D eigenvalue weighted by Crippen LogP contribution is -2.36. The van der Waals surface area contributed by atoms with Crippen LogP contribution in [0.5, 0.6) is 0 Å². The van der Waals surface area contributed by atoms with Crippen LogP contribution in [0, 0.1) is 0 Å². The molecule has 37 heavy (non-hydrogen) atoms. The third kappa shape index (κ3) is 6.82. The summed E-state index contributed by atoms with van der Waals surface area (Å²) >= 11 is 0. The number of hydrogen-bond acceptors (Lipinski definition) is 3. The van der Waals surface area contributed by atoms with Crippen molar-refractivity contribution in [3.8, 4) is 0 Å². The van der Waals surface area contributed by atoms with Gasteiger partial charge in [0.2, 0.25) is 5.91 Å². The van der Waals surface area contributed by atoms with E-state index in [4.69, 9.17) is 4.74 Å². The van der Waals surface area contributed by atoms with E-state index in [-0.39, 0.29) is 17.9 Å². The first kappa shape index (κ1) is 26.5. The number of hydrogen-bond donors (Lipinski definition) is 1. The fourth-order valence-electron chi connectivity index (χ4n) is 4.97. The minimum Gasteiger partial charge on any atom is -0.444 e. The van der Waals surface area contributed by atoms with E-state index in [1.54, 1.807) is 0 Å². The van der Waals surface area contributed by atoms with E-state index in [0.717, 1.165) is 41.8 Å². The molecule has 1 heterocycles. The van der Waals surface area contributed by atoms with Gasteiger partial charge in [-0.3, -0.25) is 4.79 Å². The summed E-state index contributed by atoms with van der Waals surface area (Å²) in [4.78, 5) is 28.2. The maximum Gasteiger partial charge on any atom is 0.408 e. The number of aromatic nitrogens is 1. The van der Waals surface area contributed by atoms with Crippen LogP contribution in [0.25, 0.3) is 0 Å². The average Bonchev–Trinajstić information content (AvgIpc) is 3.26. The van der Waals surface area contributed by atoms with Gasteiger partial charge in [0, 0.05) is 31.0 Å². The molecule has 0 saturated carbocycles. The largest absolute Gasteiger partial charge is 0.444 e. The van der Waals surface area contributed by atoms with Crippen LogP contribution in [-0.4, -0.2) is 22.2 Å². The van der Waals surface area contributed by atoms with Gasteiger partial charge >= 0.3 is 6.09 Å². The van der Waals surface area contributed by atoms with Crippen molar-refractivity contribution in [2.45, 2.75) is 77.5 Å². The molecule has 0 aliphatic heterocycles. The van der Waals surface area contributed by atoms with Gasteiger partial charge in [0.1, 0.15) is 5.60 Å². The molecule has 1 aliphatic rings. The molecule has 2 amide bonds. The van der Waals surface area contributed by atoms with Gasteiger partial charge in [-0.05, 0) is 86.9 Å². The zero-order valence-corrected chi connectivity index (χ0v) is 22.7. The first-order valence-corrected chi connectivity index (χ1v) is 13.2. The van der Waals surface area contributed by atoms with Crippen LogP contribution in [0.4, 0.5) is 10.5 Å². The molecule has 0 radical (unpaired) electrons. The highest BCUT2D eigenvalue weighted by molar-refractivity contribution is 5.94. The van der Waals surface area contributed by atoms with E-state index in [1.807, 2.05) is 79.9 Å². The Hall–Kier alpha value is -3.54. The molecule has 6 nitrogen and oxygen atoms in total. The van der Waals surface area contributed by atoms with E-state index < -0.39 is 11.7 Å². The molecule has 2 aromatic carbocycles. The van der Waals surface area contributed by atoms with E-state index in [0.29, 0.717) is 13.0 Å². The highest BCUT2D eigenvalue weighted by Gasteiger charge is 2.27. The molecule has 1 N–H and O–H groups in total. The van der Waals surface area contributed by atoms with E-state index in [2.05, 4.69) is 36.5 Å². The lowest BCUT2D eigenvalue weighted by atomic mass is 9.87. The summed E-state index contributed by atoms with van der Waals surface area (Å²) in [5.41, 5.74) is 4.78. The second-order valence-electron chi connectivity index (χ2n) is 11.1. The summed E-state index contributed by atoms with van der Waals surface area (Å²) in [6.07, 6.45) is 4.78. The van der Waals surface area contributed by atoms with Gasteiger partial charge in [-0.25, -0.2) is 4.79 Å². The molecule has 0 spiro atoms. The molecule has 3 aromatic rings. The summed E-state index contributed by atoms with van der Waals surface area (Å²) in [7, 11) is 2.00. The highest BCUT2D eigenvalue weighted by atomic mass is 16.6. The SMILES string of the molecule is C[C@@H](CC(=O)N(Cc1cccn1C)c1ccc2c(c1)[C@@H](NC(=O)OC(C)(C)C)CCC2)c1ccccc1. The second kappa shape index (κ2) is 11.2. The number of fused-ring (bicyclic) bond motifs is 1. The Kier molecular flexibility index (Phi) is 8.06. The smallest absolute Gasteiger partial charge is 0.408 e. The summed E-state index contributed by atoms with van der Waals surface area (Å²) < 4.78 is 7.57. The second-order valence-corrected chi connectivity index (χ2v) is 11.1. The molecule has 1 aliphatic carbocycles. The molecule has 4 rings (SSSR count). The van der Waals surface area contributed by atoms with Gasteiger partial charge in [0.05, 0.1) is 12.6 Å². The summed E-state index contributed by atoms with van der Waals surface area (Å²) in [5, 5.41) is 3.07. The molecule has 1 aromatic heterocycles. The Bertz CT molecular complexity index is 1230. The summed E-state index contributed by atoms with van der Waals surface area (Å²) in [6, 6.07) is 20.3. The molecule has 0 bridgehead atoms. The molecular weight excluding hydrogens is 462 g/mol. The van der Waals surface area contributed by atoms with Crippen LogP contribution >= 0.6 is 0 Å². The topological polar surface area (TPSA) is 63.6 Å². The van der Waals surface area contributed by atoms with E-state index >= 15 is 0 Å². The fourth-order valence-corrected chi connectivity index (χ4v) is 4.97. The normalized spacial score (nSPS) is 16.0.